The molecule has 5 nitrogen and oxygen atoms in total. The molecule has 3 aromatic rings. The highest BCUT2D eigenvalue weighted by Gasteiger charge is 2.17. The number of carbonyl (C=O) groups is 1. The summed E-state index contributed by atoms with van der Waals surface area (Å²) >= 11 is 1.32. The maximum atomic E-state index is 12.9. The number of nitrogens with one attached hydrogen (secondary N) is 1. The number of carbonyl (C=O) groups excluding carboxylic acids is 1. The van der Waals surface area contributed by atoms with Crippen LogP contribution in [0, 0.1) is 12.7 Å². The minimum atomic E-state index is -0.753. The first-order chi connectivity index (χ1) is 13.0. The monoisotopic (exact) mass is 386 g/mol. The number of halogens is 1. The molecule has 1 heterocycles. The topological polar surface area (TPSA) is 60.5 Å². The SMILES string of the molecule is COc1ccc(C)cc1-c1csc(NC(=O)C(C)Oc2ccc(F)cc2)n1. The van der Waals surface area contributed by atoms with E-state index in [9.17, 15) is 9.18 Å². The second kappa shape index (κ2) is 8.18. The summed E-state index contributed by atoms with van der Waals surface area (Å²) in [5.41, 5.74) is 2.68. The Balaban J connectivity index is 1.69. The van der Waals surface area contributed by atoms with Crippen molar-refractivity contribution in [2.75, 3.05) is 12.4 Å². The summed E-state index contributed by atoms with van der Waals surface area (Å²) in [7, 11) is 1.61. The van der Waals surface area contributed by atoms with Crippen molar-refractivity contribution in [1.29, 1.82) is 0 Å². The summed E-state index contributed by atoms with van der Waals surface area (Å²) in [5, 5.41) is 5.07. The minimum Gasteiger partial charge on any atom is -0.496 e. The molecule has 1 aromatic heterocycles. The molecule has 0 aliphatic carbocycles. The fourth-order valence-corrected chi connectivity index (χ4v) is 3.17. The third-order valence-electron chi connectivity index (χ3n) is 3.86. The van der Waals surface area contributed by atoms with Crippen molar-refractivity contribution < 1.29 is 18.7 Å². The number of rotatable bonds is 6. The zero-order valence-electron chi connectivity index (χ0n) is 15.2. The van der Waals surface area contributed by atoms with E-state index in [1.54, 1.807) is 14.0 Å². The van der Waals surface area contributed by atoms with E-state index in [2.05, 4.69) is 10.3 Å². The van der Waals surface area contributed by atoms with Crippen molar-refractivity contribution in [2.24, 2.45) is 0 Å². The molecule has 27 heavy (non-hydrogen) atoms. The van der Waals surface area contributed by atoms with Crippen molar-refractivity contribution >= 4 is 22.4 Å². The summed E-state index contributed by atoms with van der Waals surface area (Å²) < 4.78 is 23.9. The molecule has 0 saturated carbocycles. The third-order valence-corrected chi connectivity index (χ3v) is 4.62. The maximum Gasteiger partial charge on any atom is 0.266 e. The lowest BCUT2D eigenvalue weighted by Gasteiger charge is -2.13. The molecule has 2 aromatic carbocycles. The standard InChI is InChI=1S/C20H19FN2O3S/c1-12-4-9-18(25-3)16(10-12)17-11-27-20(22-17)23-19(24)13(2)26-15-7-5-14(21)6-8-15/h4-11,13H,1-3H3,(H,22,23,24). The number of aryl methyl sites for hydroxylation is 1. The molecular weight excluding hydrogens is 367 g/mol. The van der Waals surface area contributed by atoms with Gasteiger partial charge in [0.25, 0.3) is 5.91 Å². The molecule has 1 N–H and O–H groups in total. The van der Waals surface area contributed by atoms with Gasteiger partial charge < -0.3 is 9.47 Å². The summed E-state index contributed by atoms with van der Waals surface area (Å²) in [6.07, 6.45) is -0.753. The van der Waals surface area contributed by atoms with E-state index >= 15 is 0 Å². The summed E-state index contributed by atoms with van der Waals surface area (Å²) in [6.45, 7) is 3.61. The molecule has 0 fully saturated rings. The molecule has 7 heteroatoms. The van der Waals surface area contributed by atoms with Crippen molar-refractivity contribution in [3.05, 3.63) is 59.2 Å². The zero-order valence-corrected chi connectivity index (χ0v) is 16.0. The highest BCUT2D eigenvalue weighted by Crippen LogP contribution is 2.33. The minimum absolute atomic E-state index is 0.337. The van der Waals surface area contributed by atoms with Gasteiger partial charge >= 0.3 is 0 Å². The Morgan fingerprint density at radius 2 is 1.96 bits per heavy atom. The lowest BCUT2D eigenvalue weighted by molar-refractivity contribution is -0.122. The number of amides is 1. The Bertz CT molecular complexity index is 941. The molecule has 0 saturated heterocycles. The van der Waals surface area contributed by atoms with E-state index < -0.39 is 6.10 Å². The average molecular weight is 386 g/mol. The molecule has 1 amide bonds. The quantitative estimate of drug-likeness (QED) is 0.669. The van der Waals surface area contributed by atoms with Gasteiger partial charge in [-0.3, -0.25) is 10.1 Å². The summed E-state index contributed by atoms with van der Waals surface area (Å²) in [5.74, 6) is 0.443. The van der Waals surface area contributed by atoms with Crippen LogP contribution in [0.15, 0.2) is 47.8 Å². The van der Waals surface area contributed by atoms with Crippen LogP contribution in [0.2, 0.25) is 0 Å². The van der Waals surface area contributed by atoms with Crippen LogP contribution in [-0.4, -0.2) is 24.1 Å². The fourth-order valence-electron chi connectivity index (χ4n) is 2.45. The van der Waals surface area contributed by atoms with Gasteiger partial charge in [0, 0.05) is 10.9 Å². The van der Waals surface area contributed by atoms with Gasteiger partial charge in [0.1, 0.15) is 17.3 Å². The number of anilines is 1. The van der Waals surface area contributed by atoms with Crippen molar-refractivity contribution in [1.82, 2.24) is 4.98 Å². The maximum absolute atomic E-state index is 12.9. The second-order valence-corrected chi connectivity index (χ2v) is 6.80. The Labute approximate surface area is 160 Å². The highest BCUT2D eigenvalue weighted by molar-refractivity contribution is 7.14. The van der Waals surface area contributed by atoms with Crippen LogP contribution in [0.25, 0.3) is 11.3 Å². The van der Waals surface area contributed by atoms with Gasteiger partial charge in [-0.05, 0) is 50.2 Å². The van der Waals surface area contributed by atoms with Crippen LogP contribution in [0.1, 0.15) is 12.5 Å². The Morgan fingerprint density at radius 3 is 2.67 bits per heavy atom. The molecule has 1 unspecified atom stereocenters. The normalized spacial score (nSPS) is 11.7. The fraction of sp³-hybridized carbons (Fsp3) is 0.200. The Hall–Kier alpha value is -2.93. The molecule has 3 rings (SSSR count). The average Bonchev–Trinajstić information content (AvgIpc) is 3.11. The number of ether oxygens (including phenoxy) is 2. The molecule has 0 spiro atoms. The largest absolute Gasteiger partial charge is 0.496 e. The summed E-state index contributed by atoms with van der Waals surface area (Å²) in [4.78, 5) is 16.8. The molecular formula is C20H19FN2O3S. The van der Waals surface area contributed by atoms with Gasteiger partial charge in [-0.2, -0.15) is 0 Å². The third kappa shape index (κ3) is 4.62. The molecule has 0 aliphatic rings. The van der Waals surface area contributed by atoms with E-state index in [-0.39, 0.29) is 11.7 Å². The predicted octanol–water partition coefficient (Wildman–Crippen LogP) is 4.67. The Kier molecular flexibility index (Phi) is 5.71. The number of aromatic nitrogens is 1. The predicted molar refractivity (Wildman–Crippen MR) is 104 cm³/mol. The number of hydrogen-bond donors (Lipinski definition) is 1. The lowest BCUT2D eigenvalue weighted by Crippen LogP contribution is -2.30. The van der Waals surface area contributed by atoms with Crippen molar-refractivity contribution in [3.63, 3.8) is 0 Å². The number of nitrogens with zero attached hydrogens (tertiary/aromatic N) is 1. The van der Waals surface area contributed by atoms with Crippen LogP contribution in [0.3, 0.4) is 0 Å². The van der Waals surface area contributed by atoms with Crippen molar-refractivity contribution in [3.8, 4) is 22.8 Å². The first kappa shape index (κ1) is 18.8. The molecule has 0 radical (unpaired) electrons. The van der Waals surface area contributed by atoms with E-state index in [0.717, 1.165) is 22.6 Å². The molecule has 1 atom stereocenters. The van der Waals surface area contributed by atoms with Crippen LogP contribution in [-0.2, 0) is 4.79 Å². The van der Waals surface area contributed by atoms with E-state index in [4.69, 9.17) is 9.47 Å². The highest BCUT2D eigenvalue weighted by atomic mass is 32.1. The van der Waals surface area contributed by atoms with Gasteiger partial charge in [0.15, 0.2) is 11.2 Å². The smallest absolute Gasteiger partial charge is 0.266 e. The number of methoxy groups -OCH3 is 1. The first-order valence-electron chi connectivity index (χ1n) is 8.30. The lowest BCUT2D eigenvalue weighted by atomic mass is 10.1. The Morgan fingerprint density at radius 1 is 1.22 bits per heavy atom. The number of hydrogen-bond acceptors (Lipinski definition) is 5. The molecule has 0 aliphatic heterocycles. The first-order valence-corrected chi connectivity index (χ1v) is 9.18. The second-order valence-electron chi connectivity index (χ2n) is 5.94. The molecule has 140 valence electrons. The van der Waals surface area contributed by atoms with Gasteiger partial charge in [0.05, 0.1) is 12.8 Å². The zero-order chi connectivity index (χ0) is 19.4. The molecule has 0 bridgehead atoms. The number of benzene rings is 2. The van der Waals surface area contributed by atoms with E-state index in [0.29, 0.717) is 10.9 Å². The summed E-state index contributed by atoms with van der Waals surface area (Å²) in [6, 6.07) is 11.4. The van der Waals surface area contributed by atoms with Crippen LogP contribution < -0.4 is 14.8 Å². The van der Waals surface area contributed by atoms with E-state index in [1.165, 1.54) is 35.6 Å². The van der Waals surface area contributed by atoms with Gasteiger partial charge in [0.2, 0.25) is 0 Å². The van der Waals surface area contributed by atoms with Gasteiger partial charge in [-0.1, -0.05) is 11.6 Å². The van der Waals surface area contributed by atoms with Gasteiger partial charge in [-0.15, -0.1) is 11.3 Å². The van der Waals surface area contributed by atoms with Crippen LogP contribution in [0.5, 0.6) is 11.5 Å². The van der Waals surface area contributed by atoms with Crippen LogP contribution in [0.4, 0.5) is 9.52 Å². The van der Waals surface area contributed by atoms with Crippen molar-refractivity contribution in [2.45, 2.75) is 20.0 Å². The van der Waals surface area contributed by atoms with E-state index in [1.807, 2.05) is 30.5 Å². The van der Waals surface area contributed by atoms with Gasteiger partial charge in [-0.25, -0.2) is 9.37 Å². The van der Waals surface area contributed by atoms with Crippen LogP contribution >= 0.6 is 11.3 Å². The number of thiazole rings is 1.